The minimum Gasteiger partial charge on any atom is -0.386 e. The van der Waals surface area contributed by atoms with Crippen LogP contribution >= 0.6 is 11.3 Å². The molecule has 0 unspecified atom stereocenters. The van der Waals surface area contributed by atoms with Crippen molar-refractivity contribution in [1.82, 2.24) is 14.5 Å². The van der Waals surface area contributed by atoms with E-state index in [0.717, 1.165) is 24.2 Å². The lowest BCUT2D eigenvalue weighted by Crippen LogP contribution is -2.28. The van der Waals surface area contributed by atoms with Crippen molar-refractivity contribution in [2.75, 3.05) is 0 Å². The number of thiazole rings is 1. The van der Waals surface area contributed by atoms with Crippen molar-refractivity contribution >= 4 is 11.3 Å². The predicted molar refractivity (Wildman–Crippen MR) is 84.7 cm³/mol. The first-order valence-electron chi connectivity index (χ1n) is 7.56. The van der Waals surface area contributed by atoms with Crippen molar-refractivity contribution in [2.24, 2.45) is 5.92 Å². The van der Waals surface area contributed by atoms with Gasteiger partial charge in [-0.05, 0) is 18.4 Å². The Morgan fingerprint density at radius 2 is 2.18 bits per heavy atom. The van der Waals surface area contributed by atoms with Crippen molar-refractivity contribution in [1.29, 1.82) is 0 Å². The van der Waals surface area contributed by atoms with Crippen molar-refractivity contribution in [3.63, 3.8) is 0 Å². The van der Waals surface area contributed by atoms with Gasteiger partial charge in [-0.25, -0.2) is 9.97 Å². The van der Waals surface area contributed by atoms with E-state index in [2.05, 4.69) is 38.8 Å². The minimum atomic E-state index is -0.499. The van der Waals surface area contributed by atoms with Crippen LogP contribution in [0.5, 0.6) is 0 Å². The molecular formula is C17H15N3OS. The zero-order valence-corrected chi connectivity index (χ0v) is 12.7. The Morgan fingerprint density at radius 1 is 1.27 bits per heavy atom. The molecule has 0 saturated carbocycles. The summed E-state index contributed by atoms with van der Waals surface area (Å²) in [5, 5.41) is 10.9. The molecule has 2 aromatic heterocycles. The number of aromatic nitrogens is 3. The van der Waals surface area contributed by atoms with Crippen LogP contribution in [-0.2, 0) is 6.42 Å². The van der Waals surface area contributed by atoms with Gasteiger partial charge in [0.2, 0.25) is 0 Å². The first-order chi connectivity index (χ1) is 10.8. The highest BCUT2D eigenvalue weighted by molar-refractivity contribution is 7.09. The normalized spacial score (nSPS) is 25.6. The molecule has 0 fully saturated rings. The number of aliphatic hydroxyl groups is 1. The predicted octanol–water partition coefficient (Wildman–Crippen LogP) is 3.21. The molecule has 5 heteroatoms. The summed E-state index contributed by atoms with van der Waals surface area (Å²) >= 11 is 1.66. The van der Waals surface area contributed by atoms with E-state index in [9.17, 15) is 5.11 Å². The number of fused-ring (bicyclic) bond motifs is 4. The third-order valence-electron chi connectivity index (χ3n) is 4.99. The highest BCUT2D eigenvalue weighted by Crippen LogP contribution is 2.49. The average Bonchev–Trinajstić information content (AvgIpc) is 3.23. The number of nitrogens with zero attached hydrogens (tertiary/aromatic N) is 3. The number of aryl methyl sites for hydroxylation is 1. The average molecular weight is 309 g/mol. The van der Waals surface area contributed by atoms with E-state index < -0.39 is 6.10 Å². The Labute approximate surface area is 132 Å². The Bertz CT molecular complexity index is 853. The van der Waals surface area contributed by atoms with Crippen LogP contribution in [0.25, 0.3) is 11.3 Å². The van der Waals surface area contributed by atoms with Crippen LogP contribution < -0.4 is 0 Å². The number of aliphatic hydroxyl groups excluding tert-OH is 1. The Hall–Kier alpha value is -1.98. The summed E-state index contributed by atoms with van der Waals surface area (Å²) in [5.74, 6) is 0.145. The molecule has 1 aliphatic heterocycles. The highest BCUT2D eigenvalue weighted by atomic mass is 32.1. The molecule has 5 rings (SSSR count). The third-order valence-corrected chi connectivity index (χ3v) is 5.90. The molecule has 110 valence electrons. The van der Waals surface area contributed by atoms with Crippen LogP contribution in [0.15, 0.2) is 42.3 Å². The van der Waals surface area contributed by atoms with Gasteiger partial charge >= 0.3 is 0 Å². The van der Waals surface area contributed by atoms with Gasteiger partial charge < -0.3 is 9.67 Å². The lowest BCUT2D eigenvalue weighted by Gasteiger charge is -2.33. The van der Waals surface area contributed by atoms with Crippen molar-refractivity contribution in [2.45, 2.75) is 25.0 Å². The molecule has 3 heterocycles. The summed E-state index contributed by atoms with van der Waals surface area (Å²) in [7, 11) is 0. The summed E-state index contributed by atoms with van der Waals surface area (Å²) in [6.07, 6.45) is 5.30. The van der Waals surface area contributed by atoms with Gasteiger partial charge in [-0.2, -0.15) is 0 Å². The van der Waals surface area contributed by atoms with E-state index >= 15 is 0 Å². The largest absolute Gasteiger partial charge is 0.386 e. The standard InChI is InChI=1S/C17H15N3OS/c21-17-12(5-6-14-15(17)19-9-22-14)16-11-4-2-1-3-10(11)13-7-18-8-20(13)16/h1-4,7-9,12,16-17,21H,5-6H2/t12-,16+,17-/m0/s1. The first kappa shape index (κ1) is 12.6. The highest BCUT2D eigenvalue weighted by Gasteiger charge is 2.41. The second-order valence-corrected chi connectivity index (χ2v) is 6.97. The summed E-state index contributed by atoms with van der Waals surface area (Å²) in [4.78, 5) is 9.95. The van der Waals surface area contributed by atoms with Crippen molar-refractivity contribution < 1.29 is 5.11 Å². The molecule has 4 nitrogen and oxygen atoms in total. The van der Waals surface area contributed by atoms with Gasteiger partial charge in [0, 0.05) is 16.4 Å². The van der Waals surface area contributed by atoms with Gasteiger partial charge in [-0.15, -0.1) is 11.3 Å². The molecule has 0 saturated heterocycles. The molecule has 0 radical (unpaired) electrons. The number of hydrogen-bond donors (Lipinski definition) is 1. The van der Waals surface area contributed by atoms with E-state index in [1.165, 1.54) is 16.0 Å². The van der Waals surface area contributed by atoms with Crippen LogP contribution in [0, 0.1) is 5.92 Å². The van der Waals surface area contributed by atoms with Crippen LogP contribution in [0.4, 0.5) is 0 Å². The van der Waals surface area contributed by atoms with Crippen molar-refractivity contribution in [3.05, 3.63) is 58.4 Å². The van der Waals surface area contributed by atoms with Gasteiger partial charge in [0.1, 0.15) is 6.10 Å². The number of imidazole rings is 1. The zero-order valence-electron chi connectivity index (χ0n) is 11.9. The molecular weight excluding hydrogens is 294 g/mol. The third kappa shape index (κ3) is 1.55. The molecule has 22 heavy (non-hydrogen) atoms. The Balaban J connectivity index is 1.65. The summed E-state index contributed by atoms with van der Waals surface area (Å²) in [6.45, 7) is 0. The van der Waals surface area contributed by atoms with Crippen LogP contribution in [0.1, 0.15) is 34.7 Å². The fraction of sp³-hybridized carbons (Fsp3) is 0.294. The summed E-state index contributed by atoms with van der Waals surface area (Å²) in [5.41, 5.74) is 6.41. The monoisotopic (exact) mass is 309 g/mol. The fourth-order valence-electron chi connectivity index (χ4n) is 4.01. The SMILES string of the molecule is O[C@@H]1c2ncsc2CC[C@H]1[C@H]1c2ccccc2-c2cncn21. The second kappa shape index (κ2) is 4.51. The Kier molecular flexibility index (Phi) is 2.57. The summed E-state index contributed by atoms with van der Waals surface area (Å²) < 4.78 is 2.22. The molecule has 3 atom stereocenters. The van der Waals surface area contributed by atoms with Gasteiger partial charge in [-0.1, -0.05) is 24.3 Å². The quantitative estimate of drug-likeness (QED) is 0.751. The smallest absolute Gasteiger partial charge is 0.102 e. The molecule has 0 bridgehead atoms. The first-order valence-corrected chi connectivity index (χ1v) is 8.44. The van der Waals surface area contributed by atoms with E-state index in [1.54, 1.807) is 11.3 Å². The van der Waals surface area contributed by atoms with Gasteiger partial charge in [0.25, 0.3) is 0 Å². The maximum absolute atomic E-state index is 10.9. The molecule has 2 aliphatic rings. The molecule has 1 aliphatic carbocycles. The molecule has 1 aromatic carbocycles. The number of rotatable bonds is 1. The zero-order chi connectivity index (χ0) is 14.7. The second-order valence-electron chi connectivity index (χ2n) is 6.03. The van der Waals surface area contributed by atoms with E-state index in [4.69, 9.17) is 0 Å². The van der Waals surface area contributed by atoms with Crippen LogP contribution in [-0.4, -0.2) is 19.6 Å². The molecule has 3 aromatic rings. The maximum Gasteiger partial charge on any atom is 0.102 e. The topological polar surface area (TPSA) is 50.9 Å². The van der Waals surface area contributed by atoms with E-state index in [1.807, 2.05) is 18.0 Å². The van der Waals surface area contributed by atoms with Gasteiger partial charge in [0.15, 0.2) is 0 Å². The number of benzene rings is 1. The molecule has 0 spiro atoms. The molecule has 0 amide bonds. The number of hydrogen-bond acceptors (Lipinski definition) is 4. The van der Waals surface area contributed by atoms with Gasteiger partial charge in [0.05, 0.1) is 35.5 Å². The maximum atomic E-state index is 10.9. The summed E-state index contributed by atoms with van der Waals surface area (Å²) in [6, 6.07) is 8.62. The fourth-order valence-corrected chi connectivity index (χ4v) is 4.83. The van der Waals surface area contributed by atoms with Crippen LogP contribution in [0.3, 0.4) is 0 Å². The van der Waals surface area contributed by atoms with E-state index in [0.29, 0.717) is 0 Å². The molecule has 1 N–H and O–H groups in total. The lowest BCUT2D eigenvalue weighted by molar-refractivity contribution is 0.0692. The van der Waals surface area contributed by atoms with E-state index in [-0.39, 0.29) is 12.0 Å². The van der Waals surface area contributed by atoms with Crippen LogP contribution in [0.2, 0.25) is 0 Å². The lowest BCUT2D eigenvalue weighted by atomic mass is 9.80. The minimum absolute atomic E-state index is 0.145. The Morgan fingerprint density at radius 3 is 3.14 bits per heavy atom. The van der Waals surface area contributed by atoms with Crippen molar-refractivity contribution in [3.8, 4) is 11.3 Å². The van der Waals surface area contributed by atoms with Gasteiger partial charge in [-0.3, -0.25) is 0 Å².